The first-order valence-electron chi connectivity index (χ1n) is 4.67. The van der Waals surface area contributed by atoms with Crippen LogP contribution in [0.3, 0.4) is 0 Å². The van der Waals surface area contributed by atoms with Gasteiger partial charge in [0.15, 0.2) is 0 Å². The maximum Gasteiger partial charge on any atom is 0.0590 e. The van der Waals surface area contributed by atoms with Gasteiger partial charge >= 0.3 is 0 Å². The fourth-order valence-corrected chi connectivity index (χ4v) is 1.54. The summed E-state index contributed by atoms with van der Waals surface area (Å²) in [5.41, 5.74) is 0.438. The van der Waals surface area contributed by atoms with Crippen molar-refractivity contribution in [2.45, 2.75) is 19.8 Å². The number of halogens is 1. The van der Waals surface area contributed by atoms with E-state index in [0.29, 0.717) is 5.41 Å². The van der Waals surface area contributed by atoms with Crippen LogP contribution in [0.25, 0.3) is 0 Å². The summed E-state index contributed by atoms with van der Waals surface area (Å²) in [6.45, 7) is 5.65. The van der Waals surface area contributed by atoms with Gasteiger partial charge in [-0.15, -0.1) is 11.6 Å². The van der Waals surface area contributed by atoms with Crippen molar-refractivity contribution >= 4 is 11.6 Å². The van der Waals surface area contributed by atoms with Gasteiger partial charge in [0.25, 0.3) is 0 Å². The zero-order valence-corrected chi connectivity index (χ0v) is 8.49. The fourth-order valence-electron chi connectivity index (χ4n) is 1.18. The summed E-state index contributed by atoms with van der Waals surface area (Å²) in [6, 6.07) is 0. The summed E-state index contributed by atoms with van der Waals surface area (Å²) in [7, 11) is 0. The van der Waals surface area contributed by atoms with Gasteiger partial charge in [-0.1, -0.05) is 0 Å². The van der Waals surface area contributed by atoms with Crippen LogP contribution < -0.4 is 5.32 Å². The Labute approximate surface area is 79.6 Å². The number of alkyl halides is 1. The van der Waals surface area contributed by atoms with Crippen LogP contribution in [-0.2, 0) is 4.74 Å². The summed E-state index contributed by atoms with van der Waals surface area (Å²) < 4.78 is 5.21. The molecule has 1 N–H and O–H groups in total. The Morgan fingerprint density at radius 1 is 1.50 bits per heavy atom. The second-order valence-corrected chi connectivity index (χ2v) is 3.77. The Morgan fingerprint density at radius 3 is 2.75 bits per heavy atom. The van der Waals surface area contributed by atoms with Gasteiger partial charge in [-0.3, -0.25) is 0 Å². The molecule has 0 heterocycles. The predicted molar refractivity (Wildman–Crippen MR) is 51.7 cm³/mol. The summed E-state index contributed by atoms with van der Waals surface area (Å²) in [6.07, 6.45) is 2.58. The zero-order valence-electron chi connectivity index (χ0n) is 7.74. The summed E-state index contributed by atoms with van der Waals surface area (Å²) in [5, 5.41) is 3.36. The van der Waals surface area contributed by atoms with E-state index >= 15 is 0 Å². The minimum absolute atomic E-state index is 0.438. The molecule has 0 aliphatic heterocycles. The molecular weight excluding hydrogens is 174 g/mol. The lowest BCUT2D eigenvalue weighted by molar-refractivity contribution is 0.148. The Morgan fingerprint density at radius 2 is 2.25 bits per heavy atom. The van der Waals surface area contributed by atoms with Gasteiger partial charge < -0.3 is 10.1 Å². The highest BCUT2D eigenvalue weighted by molar-refractivity contribution is 6.18. The monoisotopic (exact) mass is 191 g/mol. The number of hydrogen-bond acceptors (Lipinski definition) is 2. The zero-order chi connectivity index (χ0) is 8.86. The molecule has 1 aliphatic carbocycles. The van der Waals surface area contributed by atoms with Gasteiger partial charge in [0, 0.05) is 25.6 Å². The van der Waals surface area contributed by atoms with Crippen molar-refractivity contribution in [2.75, 3.05) is 32.2 Å². The summed E-state index contributed by atoms with van der Waals surface area (Å²) in [5.74, 6) is 0.800. The molecule has 0 spiro atoms. The smallest absolute Gasteiger partial charge is 0.0590 e. The molecule has 1 rings (SSSR count). The van der Waals surface area contributed by atoms with E-state index in [2.05, 4.69) is 5.32 Å². The maximum absolute atomic E-state index is 5.82. The van der Waals surface area contributed by atoms with E-state index in [1.54, 1.807) is 0 Å². The molecule has 0 aromatic rings. The van der Waals surface area contributed by atoms with E-state index in [-0.39, 0.29) is 0 Å². The number of hydrogen-bond donors (Lipinski definition) is 1. The fraction of sp³-hybridized carbons (Fsp3) is 1.00. The topological polar surface area (TPSA) is 21.3 Å². The molecule has 3 heteroatoms. The van der Waals surface area contributed by atoms with E-state index in [9.17, 15) is 0 Å². The van der Waals surface area contributed by atoms with Crippen LogP contribution in [0.15, 0.2) is 0 Å². The van der Waals surface area contributed by atoms with Gasteiger partial charge in [0.05, 0.1) is 6.61 Å². The van der Waals surface area contributed by atoms with Crippen molar-refractivity contribution in [1.29, 1.82) is 0 Å². The molecule has 1 aliphatic rings. The first-order chi connectivity index (χ1) is 5.83. The Hall–Kier alpha value is 0.210. The lowest BCUT2D eigenvalue weighted by atomic mass is 10.1. The van der Waals surface area contributed by atoms with Crippen molar-refractivity contribution < 1.29 is 4.74 Å². The third-order valence-corrected chi connectivity index (χ3v) is 2.93. The summed E-state index contributed by atoms with van der Waals surface area (Å²) in [4.78, 5) is 0. The molecule has 0 aromatic heterocycles. The average Bonchev–Trinajstić information content (AvgIpc) is 2.85. The Balaban J connectivity index is 1.89. The highest BCUT2D eigenvalue weighted by atomic mass is 35.5. The molecule has 0 amide bonds. The quantitative estimate of drug-likeness (QED) is 0.488. The molecule has 1 fully saturated rings. The Bertz CT molecular complexity index is 126. The average molecular weight is 192 g/mol. The highest BCUT2D eigenvalue weighted by Crippen LogP contribution is 2.45. The number of rotatable bonds is 7. The molecule has 0 saturated heterocycles. The van der Waals surface area contributed by atoms with E-state index in [4.69, 9.17) is 16.3 Å². The SMILES string of the molecule is CCOCCNCC1(CCl)CC1. The third kappa shape index (κ3) is 3.30. The van der Waals surface area contributed by atoms with Crippen molar-refractivity contribution in [3.63, 3.8) is 0 Å². The number of ether oxygens (including phenoxy) is 1. The van der Waals surface area contributed by atoms with Crippen molar-refractivity contribution in [3.8, 4) is 0 Å². The molecule has 12 heavy (non-hydrogen) atoms. The second-order valence-electron chi connectivity index (χ2n) is 3.51. The molecular formula is C9H18ClNO. The lowest BCUT2D eigenvalue weighted by Crippen LogP contribution is -2.28. The minimum Gasteiger partial charge on any atom is -0.380 e. The van der Waals surface area contributed by atoms with E-state index in [1.165, 1.54) is 12.8 Å². The molecule has 72 valence electrons. The third-order valence-electron chi connectivity index (χ3n) is 2.37. The van der Waals surface area contributed by atoms with E-state index in [0.717, 1.165) is 32.2 Å². The van der Waals surface area contributed by atoms with Crippen LogP contribution >= 0.6 is 11.6 Å². The van der Waals surface area contributed by atoms with Crippen molar-refractivity contribution in [2.24, 2.45) is 5.41 Å². The van der Waals surface area contributed by atoms with Crippen LogP contribution in [0.1, 0.15) is 19.8 Å². The van der Waals surface area contributed by atoms with Crippen LogP contribution in [0.5, 0.6) is 0 Å². The first kappa shape index (κ1) is 10.3. The van der Waals surface area contributed by atoms with Crippen LogP contribution in [0, 0.1) is 5.41 Å². The predicted octanol–water partition coefficient (Wildman–Crippen LogP) is 1.63. The van der Waals surface area contributed by atoms with Crippen LogP contribution in [-0.4, -0.2) is 32.2 Å². The van der Waals surface area contributed by atoms with Gasteiger partial charge in [-0.25, -0.2) is 0 Å². The maximum atomic E-state index is 5.82. The molecule has 0 aromatic carbocycles. The van der Waals surface area contributed by atoms with Gasteiger partial charge in [0.1, 0.15) is 0 Å². The standard InChI is InChI=1S/C9H18ClNO/c1-2-12-6-5-11-8-9(7-10)3-4-9/h11H,2-8H2,1H3. The van der Waals surface area contributed by atoms with Gasteiger partial charge in [0.2, 0.25) is 0 Å². The molecule has 0 radical (unpaired) electrons. The second kappa shape index (κ2) is 5.05. The molecule has 0 atom stereocenters. The largest absolute Gasteiger partial charge is 0.380 e. The van der Waals surface area contributed by atoms with Crippen molar-refractivity contribution in [1.82, 2.24) is 5.32 Å². The van der Waals surface area contributed by atoms with E-state index in [1.807, 2.05) is 6.92 Å². The van der Waals surface area contributed by atoms with Crippen LogP contribution in [0.4, 0.5) is 0 Å². The van der Waals surface area contributed by atoms with Crippen LogP contribution in [0.2, 0.25) is 0 Å². The minimum atomic E-state index is 0.438. The highest BCUT2D eigenvalue weighted by Gasteiger charge is 2.40. The van der Waals surface area contributed by atoms with E-state index < -0.39 is 0 Å². The summed E-state index contributed by atoms with van der Waals surface area (Å²) >= 11 is 5.82. The molecule has 1 saturated carbocycles. The first-order valence-corrected chi connectivity index (χ1v) is 5.21. The van der Waals surface area contributed by atoms with Crippen molar-refractivity contribution in [3.05, 3.63) is 0 Å². The molecule has 2 nitrogen and oxygen atoms in total. The molecule has 0 bridgehead atoms. The normalized spacial score (nSPS) is 19.5. The Kier molecular flexibility index (Phi) is 4.33. The molecule has 0 unspecified atom stereocenters. The van der Waals surface area contributed by atoms with Gasteiger partial charge in [-0.05, 0) is 25.2 Å². The number of nitrogens with one attached hydrogen (secondary N) is 1. The lowest BCUT2D eigenvalue weighted by Gasteiger charge is -2.11. The van der Waals surface area contributed by atoms with Gasteiger partial charge in [-0.2, -0.15) is 0 Å².